The Morgan fingerprint density at radius 3 is 3.07 bits per heavy atom. The number of hydrogen-bond donors (Lipinski definition) is 1. The highest BCUT2D eigenvalue weighted by atomic mass is 16.6. The summed E-state index contributed by atoms with van der Waals surface area (Å²) in [5, 5.41) is 10.9. The summed E-state index contributed by atoms with van der Waals surface area (Å²) < 4.78 is 9.97. The molecule has 1 aromatic rings. The zero-order chi connectivity index (χ0) is 9.80. The summed E-state index contributed by atoms with van der Waals surface area (Å²) in [5.74, 6) is 0. The van der Waals surface area contributed by atoms with Crippen molar-refractivity contribution in [1.29, 1.82) is 0 Å². The molecule has 5 nitrogen and oxygen atoms in total. The number of aryl methyl sites for hydroxylation is 1. The van der Waals surface area contributed by atoms with Gasteiger partial charge < -0.3 is 10.1 Å². The summed E-state index contributed by atoms with van der Waals surface area (Å²) in [7, 11) is 0. The van der Waals surface area contributed by atoms with Crippen molar-refractivity contribution < 1.29 is 9.37 Å². The predicted octanol–water partition coefficient (Wildman–Crippen LogP) is 0.647. The summed E-state index contributed by atoms with van der Waals surface area (Å²) >= 11 is 0. The molecule has 1 aliphatic heterocycles. The van der Waals surface area contributed by atoms with Crippen LogP contribution in [0.2, 0.25) is 0 Å². The van der Waals surface area contributed by atoms with Gasteiger partial charge in [-0.2, -0.15) is 0 Å². The van der Waals surface area contributed by atoms with E-state index in [4.69, 9.17) is 4.74 Å². The Morgan fingerprint density at radius 1 is 1.50 bits per heavy atom. The number of ether oxygens (including phenoxy) is 1. The van der Waals surface area contributed by atoms with Gasteiger partial charge in [-0.1, -0.05) is 10.3 Å². The van der Waals surface area contributed by atoms with Gasteiger partial charge in [-0.3, -0.25) is 0 Å². The van der Waals surface area contributed by atoms with Crippen molar-refractivity contribution in [2.24, 2.45) is 0 Å². The van der Waals surface area contributed by atoms with E-state index in [-0.39, 0.29) is 0 Å². The van der Waals surface area contributed by atoms with E-state index in [9.17, 15) is 0 Å². The molecule has 0 aliphatic carbocycles. The second kappa shape index (κ2) is 4.52. The summed E-state index contributed by atoms with van der Waals surface area (Å²) in [6, 6.07) is 0.444. The maximum Gasteiger partial charge on any atom is 0.121 e. The predicted molar refractivity (Wildman–Crippen MR) is 49.7 cm³/mol. The van der Waals surface area contributed by atoms with Gasteiger partial charge in [0.25, 0.3) is 0 Å². The van der Waals surface area contributed by atoms with Crippen LogP contribution in [0.15, 0.2) is 4.63 Å². The molecule has 1 aromatic heterocycles. The van der Waals surface area contributed by atoms with Gasteiger partial charge in [0.15, 0.2) is 0 Å². The van der Waals surface area contributed by atoms with E-state index in [0.29, 0.717) is 12.6 Å². The van der Waals surface area contributed by atoms with Crippen LogP contribution in [0.5, 0.6) is 0 Å². The molecule has 0 unspecified atom stereocenters. The Balaban J connectivity index is 1.79. The van der Waals surface area contributed by atoms with E-state index in [1.54, 1.807) is 0 Å². The molecular formula is C9H15N3O2. The third-order valence-electron chi connectivity index (χ3n) is 2.46. The number of nitrogens with one attached hydrogen (secondary N) is 1. The molecule has 0 bridgehead atoms. The molecule has 5 heteroatoms. The van der Waals surface area contributed by atoms with Gasteiger partial charge in [0, 0.05) is 19.2 Å². The monoisotopic (exact) mass is 197 g/mol. The van der Waals surface area contributed by atoms with E-state index in [2.05, 4.69) is 20.3 Å². The average molecular weight is 197 g/mol. The van der Waals surface area contributed by atoms with Gasteiger partial charge in [-0.05, 0) is 19.8 Å². The van der Waals surface area contributed by atoms with Crippen LogP contribution in [-0.2, 0) is 11.3 Å². The highest BCUT2D eigenvalue weighted by Gasteiger charge is 2.14. The molecule has 2 rings (SSSR count). The van der Waals surface area contributed by atoms with Gasteiger partial charge in [0.1, 0.15) is 11.4 Å². The normalized spacial score (nSPS) is 22.5. The minimum Gasteiger partial charge on any atom is -0.380 e. The zero-order valence-corrected chi connectivity index (χ0v) is 8.32. The number of rotatable bonds is 3. The lowest BCUT2D eigenvalue weighted by molar-refractivity contribution is 0.0697. The third-order valence-corrected chi connectivity index (χ3v) is 2.46. The minimum atomic E-state index is 0.444. The summed E-state index contributed by atoms with van der Waals surface area (Å²) in [4.78, 5) is 0. The standard InChI is InChI=1S/C9H15N3O2/c1-7-9(12-14-11-7)5-10-8-3-2-4-13-6-8/h8,10H,2-6H2,1H3/t8-/m0/s1. The van der Waals surface area contributed by atoms with Gasteiger partial charge in [-0.25, -0.2) is 4.63 Å². The van der Waals surface area contributed by atoms with Crippen molar-refractivity contribution in [1.82, 2.24) is 15.6 Å². The largest absolute Gasteiger partial charge is 0.380 e. The summed E-state index contributed by atoms with van der Waals surface area (Å²) in [6.45, 7) is 4.29. The first-order chi connectivity index (χ1) is 6.86. The van der Waals surface area contributed by atoms with E-state index in [1.165, 1.54) is 6.42 Å². The number of aromatic nitrogens is 2. The smallest absolute Gasteiger partial charge is 0.121 e. The van der Waals surface area contributed by atoms with Crippen molar-refractivity contribution in [3.63, 3.8) is 0 Å². The molecule has 1 N–H and O–H groups in total. The molecule has 14 heavy (non-hydrogen) atoms. The fourth-order valence-electron chi connectivity index (χ4n) is 1.55. The zero-order valence-electron chi connectivity index (χ0n) is 8.32. The second-order valence-electron chi connectivity index (χ2n) is 3.59. The van der Waals surface area contributed by atoms with Crippen LogP contribution in [0, 0.1) is 6.92 Å². The van der Waals surface area contributed by atoms with Gasteiger partial charge >= 0.3 is 0 Å². The van der Waals surface area contributed by atoms with Gasteiger partial charge in [0.05, 0.1) is 6.61 Å². The molecule has 0 amide bonds. The fraction of sp³-hybridized carbons (Fsp3) is 0.778. The highest BCUT2D eigenvalue weighted by molar-refractivity contribution is 5.04. The van der Waals surface area contributed by atoms with Crippen LogP contribution in [0.1, 0.15) is 24.2 Å². The molecule has 0 radical (unpaired) electrons. The number of hydrogen-bond acceptors (Lipinski definition) is 5. The van der Waals surface area contributed by atoms with Crippen molar-refractivity contribution >= 4 is 0 Å². The Kier molecular flexibility index (Phi) is 3.10. The fourth-order valence-corrected chi connectivity index (χ4v) is 1.55. The lowest BCUT2D eigenvalue weighted by Crippen LogP contribution is -2.36. The van der Waals surface area contributed by atoms with Crippen molar-refractivity contribution in [2.45, 2.75) is 32.4 Å². The molecule has 1 atom stereocenters. The molecule has 0 saturated carbocycles. The molecule has 1 saturated heterocycles. The first-order valence-corrected chi connectivity index (χ1v) is 4.95. The van der Waals surface area contributed by atoms with Crippen LogP contribution >= 0.6 is 0 Å². The van der Waals surface area contributed by atoms with Crippen molar-refractivity contribution in [3.8, 4) is 0 Å². The van der Waals surface area contributed by atoms with Crippen LogP contribution in [0.4, 0.5) is 0 Å². The van der Waals surface area contributed by atoms with Gasteiger partial charge in [-0.15, -0.1) is 0 Å². The van der Waals surface area contributed by atoms with Crippen molar-refractivity contribution in [2.75, 3.05) is 13.2 Å². The van der Waals surface area contributed by atoms with E-state index in [0.717, 1.165) is 31.0 Å². The summed E-state index contributed by atoms with van der Waals surface area (Å²) in [6.07, 6.45) is 2.30. The summed E-state index contributed by atoms with van der Waals surface area (Å²) in [5.41, 5.74) is 1.74. The van der Waals surface area contributed by atoms with Gasteiger partial charge in [0.2, 0.25) is 0 Å². The van der Waals surface area contributed by atoms with Crippen LogP contribution in [-0.4, -0.2) is 29.6 Å². The maximum atomic E-state index is 5.36. The molecular weight excluding hydrogens is 182 g/mol. The van der Waals surface area contributed by atoms with E-state index in [1.807, 2.05) is 6.92 Å². The molecule has 0 spiro atoms. The lowest BCUT2D eigenvalue weighted by atomic mass is 10.1. The molecule has 1 aliphatic rings. The van der Waals surface area contributed by atoms with Crippen molar-refractivity contribution in [3.05, 3.63) is 11.4 Å². The number of nitrogens with zero attached hydrogens (tertiary/aromatic N) is 2. The molecule has 0 aromatic carbocycles. The SMILES string of the molecule is Cc1nonc1CN[C@H]1CCCOC1. The highest BCUT2D eigenvalue weighted by Crippen LogP contribution is 2.07. The Labute approximate surface area is 82.8 Å². The third kappa shape index (κ3) is 2.30. The second-order valence-corrected chi connectivity index (χ2v) is 3.59. The molecule has 2 heterocycles. The maximum absolute atomic E-state index is 5.36. The first kappa shape index (κ1) is 9.61. The topological polar surface area (TPSA) is 60.2 Å². The Morgan fingerprint density at radius 2 is 2.43 bits per heavy atom. The minimum absolute atomic E-state index is 0.444. The quantitative estimate of drug-likeness (QED) is 0.770. The Hall–Kier alpha value is -0.940. The van der Waals surface area contributed by atoms with Crippen LogP contribution < -0.4 is 5.32 Å². The Bertz CT molecular complexity index is 281. The van der Waals surface area contributed by atoms with E-state index >= 15 is 0 Å². The van der Waals surface area contributed by atoms with Crippen LogP contribution in [0.25, 0.3) is 0 Å². The molecule has 78 valence electrons. The van der Waals surface area contributed by atoms with E-state index < -0.39 is 0 Å². The average Bonchev–Trinajstić information content (AvgIpc) is 2.63. The first-order valence-electron chi connectivity index (χ1n) is 4.95. The van der Waals surface area contributed by atoms with Crippen LogP contribution in [0.3, 0.4) is 0 Å². The molecule has 1 fully saturated rings. The lowest BCUT2D eigenvalue weighted by Gasteiger charge is -2.22.